The topological polar surface area (TPSA) is 56.4 Å². The zero-order valence-electron chi connectivity index (χ0n) is 19.3. The number of piperazine rings is 1. The van der Waals surface area contributed by atoms with E-state index >= 15 is 0 Å². The predicted molar refractivity (Wildman–Crippen MR) is 142 cm³/mol. The fraction of sp³-hybridized carbons (Fsp3) is 0.269. The molecule has 3 heterocycles. The van der Waals surface area contributed by atoms with Gasteiger partial charge in [0.1, 0.15) is 5.75 Å². The number of methoxy groups -OCH3 is 1. The monoisotopic (exact) mass is 493 g/mol. The largest absolute Gasteiger partial charge is 0.497 e. The fourth-order valence-electron chi connectivity index (χ4n) is 4.20. The molecule has 1 saturated heterocycles. The third kappa shape index (κ3) is 5.06. The van der Waals surface area contributed by atoms with Crippen LogP contribution in [-0.2, 0) is 6.42 Å². The van der Waals surface area contributed by atoms with Gasteiger partial charge in [0.15, 0.2) is 5.82 Å². The van der Waals surface area contributed by atoms with Crippen molar-refractivity contribution in [1.82, 2.24) is 15.1 Å². The van der Waals surface area contributed by atoms with Crippen LogP contribution in [0.25, 0.3) is 10.6 Å². The number of anilines is 3. The van der Waals surface area contributed by atoms with Gasteiger partial charge in [-0.25, -0.2) is 0 Å². The quantitative estimate of drug-likeness (QED) is 0.336. The van der Waals surface area contributed by atoms with Crippen molar-refractivity contribution in [2.45, 2.75) is 6.42 Å². The maximum atomic E-state index is 6.23. The highest BCUT2D eigenvalue weighted by Crippen LogP contribution is 2.36. The maximum absolute atomic E-state index is 6.23. The summed E-state index contributed by atoms with van der Waals surface area (Å²) in [5.74, 6) is 1.67. The molecule has 1 aliphatic rings. The van der Waals surface area contributed by atoms with E-state index in [4.69, 9.17) is 16.3 Å². The Kier molecular flexibility index (Phi) is 6.76. The molecule has 8 heteroatoms. The molecule has 1 aliphatic heterocycles. The second-order valence-corrected chi connectivity index (χ2v) is 10.2. The van der Waals surface area contributed by atoms with E-state index in [2.05, 4.69) is 68.8 Å². The second-order valence-electron chi connectivity index (χ2n) is 8.52. The van der Waals surface area contributed by atoms with Crippen LogP contribution in [-0.4, -0.2) is 55.4 Å². The lowest BCUT2D eigenvalue weighted by Gasteiger charge is -2.34. The third-order valence-electron chi connectivity index (χ3n) is 6.23. The molecule has 176 valence electrons. The molecule has 0 spiro atoms. The number of rotatable bonds is 7. The minimum atomic E-state index is 0.729. The van der Waals surface area contributed by atoms with Gasteiger partial charge < -0.3 is 19.9 Å². The van der Waals surface area contributed by atoms with Crippen molar-refractivity contribution in [2.75, 3.05) is 50.6 Å². The van der Waals surface area contributed by atoms with Crippen molar-refractivity contribution in [3.63, 3.8) is 0 Å². The number of nitrogens with zero attached hydrogens (tertiary/aromatic N) is 3. The molecule has 2 aromatic heterocycles. The van der Waals surface area contributed by atoms with Crippen LogP contribution in [0.15, 0.2) is 60.7 Å². The number of aromatic amines is 1. The normalized spacial score (nSPS) is 14.4. The number of aromatic nitrogens is 2. The Balaban J connectivity index is 1.40. The van der Waals surface area contributed by atoms with Gasteiger partial charge in [0.25, 0.3) is 0 Å². The Bertz CT molecular complexity index is 1230. The van der Waals surface area contributed by atoms with E-state index in [1.807, 2.05) is 24.3 Å². The van der Waals surface area contributed by atoms with Crippen LogP contribution in [0.4, 0.5) is 17.2 Å². The average molecular weight is 494 g/mol. The summed E-state index contributed by atoms with van der Waals surface area (Å²) >= 11 is 7.77. The van der Waals surface area contributed by atoms with E-state index in [1.54, 1.807) is 18.4 Å². The van der Waals surface area contributed by atoms with Crippen molar-refractivity contribution in [1.29, 1.82) is 0 Å². The smallest absolute Gasteiger partial charge is 0.156 e. The van der Waals surface area contributed by atoms with Crippen molar-refractivity contribution in [2.24, 2.45) is 0 Å². The number of likely N-dealkylation sites (N-methyl/N-ethyl adjacent to an activating group) is 1. The van der Waals surface area contributed by atoms with Crippen molar-refractivity contribution in [3.05, 3.63) is 76.1 Å². The second kappa shape index (κ2) is 10.1. The van der Waals surface area contributed by atoms with Crippen molar-refractivity contribution in [3.8, 4) is 16.3 Å². The Morgan fingerprint density at radius 2 is 1.74 bits per heavy atom. The van der Waals surface area contributed by atoms with E-state index in [1.165, 1.54) is 11.3 Å². The molecule has 1 fully saturated rings. The first kappa shape index (κ1) is 22.8. The first-order valence-electron chi connectivity index (χ1n) is 11.4. The van der Waals surface area contributed by atoms with Crippen LogP contribution in [0.3, 0.4) is 0 Å². The van der Waals surface area contributed by atoms with Crippen LogP contribution >= 0.6 is 22.9 Å². The van der Waals surface area contributed by atoms with E-state index in [0.717, 1.165) is 70.3 Å². The van der Waals surface area contributed by atoms with E-state index in [9.17, 15) is 0 Å². The highest BCUT2D eigenvalue weighted by molar-refractivity contribution is 7.19. The van der Waals surface area contributed by atoms with Crippen LogP contribution in [0, 0.1) is 0 Å². The SMILES string of the molecule is COc1ccc(Cc2c(Nc3ccc(N4CCN(C)CC4)cc3)n[nH]c2-c2ccc(Cl)s2)cc1. The average Bonchev–Trinajstić information content (AvgIpc) is 3.46. The third-order valence-corrected chi connectivity index (χ3v) is 7.47. The first-order chi connectivity index (χ1) is 16.6. The van der Waals surface area contributed by atoms with Gasteiger partial charge in [-0.05, 0) is 61.1 Å². The van der Waals surface area contributed by atoms with Gasteiger partial charge in [0.05, 0.1) is 22.0 Å². The number of ether oxygens (including phenoxy) is 1. The van der Waals surface area contributed by atoms with E-state index in [-0.39, 0.29) is 0 Å². The summed E-state index contributed by atoms with van der Waals surface area (Å²) in [5.41, 5.74) is 5.54. The van der Waals surface area contributed by atoms with Gasteiger partial charge >= 0.3 is 0 Å². The van der Waals surface area contributed by atoms with Crippen LogP contribution < -0.4 is 15.0 Å². The van der Waals surface area contributed by atoms with Crippen LogP contribution in [0.1, 0.15) is 11.1 Å². The zero-order valence-corrected chi connectivity index (χ0v) is 20.9. The molecule has 34 heavy (non-hydrogen) atoms. The Morgan fingerprint density at radius 1 is 1.00 bits per heavy atom. The molecule has 0 bridgehead atoms. The lowest BCUT2D eigenvalue weighted by atomic mass is 10.0. The summed E-state index contributed by atoms with van der Waals surface area (Å²) in [5, 5.41) is 11.4. The summed E-state index contributed by atoms with van der Waals surface area (Å²) in [6.45, 7) is 4.30. The van der Waals surface area contributed by atoms with Crippen LogP contribution in [0.2, 0.25) is 4.34 Å². The standard InChI is InChI=1S/C26H28ClN5OS/c1-31-13-15-32(16-14-31)20-7-5-19(6-8-20)28-26-22(17-18-3-9-21(33-2)10-4-18)25(29-30-26)23-11-12-24(27)34-23/h3-12H,13-17H2,1-2H3,(H2,28,29,30). The van der Waals surface area contributed by atoms with Crippen molar-refractivity contribution < 1.29 is 4.74 Å². The maximum Gasteiger partial charge on any atom is 0.156 e. The molecule has 0 aliphatic carbocycles. The lowest BCUT2D eigenvalue weighted by Crippen LogP contribution is -2.44. The number of nitrogens with one attached hydrogen (secondary N) is 2. The molecule has 0 amide bonds. The molecule has 5 rings (SSSR count). The number of hydrogen-bond donors (Lipinski definition) is 2. The Morgan fingerprint density at radius 3 is 2.38 bits per heavy atom. The minimum Gasteiger partial charge on any atom is -0.497 e. The summed E-state index contributed by atoms with van der Waals surface area (Å²) in [6, 6.07) is 20.7. The van der Waals surface area contributed by atoms with Gasteiger partial charge in [-0.2, -0.15) is 5.10 Å². The first-order valence-corrected chi connectivity index (χ1v) is 12.5. The van der Waals surface area contributed by atoms with Gasteiger partial charge in [-0.3, -0.25) is 5.10 Å². The number of benzene rings is 2. The predicted octanol–water partition coefficient (Wildman–Crippen LogP) is 5.89. The van der Waals surface area contributed by atoms with Gasteiger partial charge in [0.2, 0.25) is 0 Å². The molecule has 4 aromatic rings. The number of halogens is 1. The lowest BCUT2D eigenvalue weighted by molar-refractivity contribution is 0.313. The fourth-order valence-corrected chi connectivity index (χ4v) is 5.26. The highest BCUT2D eigenvalue weighted by Gasteiger charge is 2.18. The van der Waals surface area contributed by atoms with Crippen molar-refractivity contribution >= 4 is 40.1 Å². The van der Waals surface area contributed by atoms with Crippen LogP contribution in [0.5, 0.6) is 5.75 Å². The Hall–Kier alpha value is -3.00. The van der Waals surface area contributed by atoms with E-state index < -0.39 is 0 Å². The summed E-state index contributed by atoms with van der Waals surface area (Å²) < 4.78 is 6.07. The molecule has 0 unspecified atom stereocenters. The summed E-state index contributed by atoms with van der Waals surface area (Å²) in [4.78, 5) is 5.87. The molecular weight excluding hydrogens is 466 g/mol. The molecule has 2 N–H and O–H groups in total. The molecular formula is C26H28ClN5OS. The summed E-state index contributed by atoms with van der Waals surface area (Å²) in [6.07, 6.45) is 0.729. The zero-order chi connectivity index (χ0) is 23.5. The number of thiophene rings is 1. The van der Waals surface area contributed by atoms with E-state index in [0.29, 0.717) is 0 Å². The molecule has 6 nitrogen and oxygen atoms in total. The molecule has 0 saturated carbocycles. The number of hydrogen-bond acceptors (Lipinski definition) is 6. The molecule has 2 aromatic carbocycles. The van der Waals surface area contributed by atoms with Gasteiger partial charge in [0, 0.05) is 49.5 Å². The highest BCUT2D eigenvalue weighted by atomic mass is 35.5. The Labute approximate surface area is 209 Å². The number of H-pyrrole nitrogens is 1. The van der Waals surface area contributed by atoms with Gasteiger partial charge in [-0.1, -0.05) is 23.7 Å². The molecule has 0 radical (unpaired) electrons. The molecule has 0 atom stereocenters. The van der Waals surface area contributed by atoms with Gasteiger partial charge in [-0.15, -0.1) is 11.3 Å². The minimum absolute atomic E-state index is 0.729. The summed E-state index contributed by atoms with van der Waals surface area (Å²) in [7, 11) is 3.86.